The highest BCUT2D eigenvalue weighted by Gasteiger charge is 2.20. The fraction of sp³-hybridized carbons (Fsp3) is 0.615. The quantitative estimate of drug-likeness (QED) is 0.817. The van der Waals surface area contributed by atoms with Crippen molar-refractivity contribution in [2.24, 2.45) is 5.73 Å². The summed E-state index contributed by atoms with van der Waals surface area (Å²) in [7, 11) is 0. The van der Waals surface area contributed by atoms with Crippen molar-refractivity contribution >= 4 is 0 Å². The summed E-state index contributed by atoms with van der Waals surface area (Å²) >= 11 is 0. The number of nitrogens with two attached hydrogens (primary N) is 1. The van der Waals surface area contributed by atoms with Gasteiger partial charge in [0.05, 0.1) is 5.69 Å². The monoisotopic (exact) mass is 219 g/mol. The van der Waals surface area contributed by atoms with Crippen LogP contribution in [-0.4, -0.2) is 17.1 Å². The van der Waals surface area contributed by atoms with E-state index in [9.17, 15) is 0 Å². The van der Waals surface area contributed by atoms with Gasteiger partial charge >= 0.3 is 0 Å². The van der Waals surface area contributed by atoms with Crippen LogP contribution in [0, 0.1) is 0 Å². The summed E-state index contributed by atoms with van der Waals surface area (Å²) in [6.07, 6.45) is 6.60. The van der Waals surface area contributed by atoms with Gasteiger partial charge in [-0.3, -0.25) is 4.98 Å². The van der Waals surface area contributed by atoms with Crippen molar-refractivity contribution in [1.29, 1.82) is 0 Å². The largest absolute Gasteiger partial charge is 0.328 e. The highest BCUT2D eigenvalue weighted by molar-refractivity contribution is 5.08. The lowest BCUT2D eigenvalue weighted by Gasteiger charge is -2.29. The molecule has 2 unspecified atom stereocenters. The molecule has 1 aliphatic carbocycles. The molecule has 0 aromatic carbocycles. The second-order valence-electron chi connectivity index (χ2n) is 4.77. The lowest BCUT2D eigenvalue weighted by molar-refractivity contribution is 0.317. The summed E-state index contributed by atoms with van der Waals surface area (Å²) in [5, 5.41) is 3.62. The molecule has 1 aromatic heterocycles. The molecule has 0 saturated heterocycles. The Labute approximate surface area is 97.5 Å². The Hall–Kier alpha value is -0.930. The third kappa shape index (κ3) is 3.03. The van der Waals surface area contributed by atoms with E-state index in [1.807, 2.05) is 18.3 Å². The van der Waals surface area contributed by atoms with Crippen molar-refractivity contribution < 1.29 is 0 Å². The first kappa shape index (κ1) is 11.6. The van der Waals surface area contributed by atoms with Crippen LogP contribution >= 0.6 is 0 Å². The Morgan fingerprint density at radius 3 is 3.00 bits per heavy atom. The van der Waals surface area contributed by atoms with E-state index in [0.717, 1.165) is 12.1 Å². The lowest BCUT2D eigenvalue weighted by atomic mass is 9.91. The average molecular weight is 219 g/mol. The zero-order valence-electron chi connectivity index (χ0n) is 9.89. The molecule has 1 heterocycles. The minimum absolute atomic E-state index is 0.316. The Kier molecular flexibility index (Phi) is 3.91. The molecule has 3 atom stereocenters. The maximum atomic E-state index is 5.98. The minimum Gasteiger partial charge on any atom is -0.328 e. The number of nitrogens with one attached hydrogen (secondary N) is 1. The van der Waals surface area contributed by atoms with E-state index in [0.29, 0.717) is 18.1 Å². The maximum Gasteiger partial charge on any atom is 0.0570 e. The zero-order valence-corrected chi connectivity index (χ0v) is 9.89. The molecule has 0 radical (unpaired) electrons. The summed E-state index contributed by atoms with van der Waals surface area (Å²) in [6.45, 7) is 2.17. The molecule has 0 aliphatic heterocycles. The van der Waals surface area contributed by atoms with Gasteiger partial charge in [0.15, 0.2) is 0 Å². The highest BCUT2D eigenvalue weighted by atomic mass is 15.0. The third-order valence-corrected chi connectivity index (χ3v) is 3.33. The van der Waals surface area contributed by atoms with Gasteiger partial charge in [-0.05, 0) is 38.3 Å². The number of rotatable bonds is 3. The van der Waals surface area contributed by atoms with Gasteiger partial charge in [0.1, 0.15) is 0 Å². The van der Waals surface area contributed by atoms with Crippen LogP contribution in [0.25, 0.3) is 0 Å². The smallest absolute Gasteiger partial charge is 0.0570 e. The zero-order chi connectivity index (χ0) is 11.4. The summed E-state index contributed by atoms with van der Waals surface area (Å²) in [6, 6.07) is 7.31. The predicted octanol–water partition coefficient (Wildman–Crippen LogP) is 2.00. The predicted molar refractivity (Wildman–Crippen MR) is 66.0 cm³/mol. The van der Waals surface area contributed by atoms with Crippen LogP contribution in [0.4, 0.5) is 0 Å². The molecule has 0 spiro atoms. The molecule has 3 heteroatoms. The molecular formula is C13H21N3. The van der Waals surface area contributed by atoms with Crippen LogP contribution in [0.3, 0.4) is 0 Å². The van der Waals surface area contributed by atoms with Crippen LogP contribution in [0.2, 0.25) is 0 Å². The van der Waals surface area contributed by atoms with E-state index in [2.05, 4.69) is 23.3 Å². The molecule has 1 aromatic rings. The van der Waals surface area contributed by atoms with Crippen LogP contribution < -0.4 is 11.1 Å². The van der Waals surface area contributed by atoms with E-state index in [1.165, 1.54) is 19.3 Å². The van der Waals surface area contributed by atoms with E-state index in [-0.39, 0.29) is 0 Å². The first-order valence-corrected chi connectivity index (χ1v) is 6.18. The Morgan fingerprint density at radius 2 is 2.31 bits per heavy atom. The number of nitrogens with zero attached hydrogens (tertiary/aromatic N) is 1. The van der Waals surface area contributed by atoms with E-state index < -0.39 is 0 Å². The molecule has 1 aliphatic rings. The second-order valence-corrected chi connectivity index (χ2v) is 4.77. The number of aromatic nitrogens is 1. The summed E-state index contributed by atoms with van der Waals surface area (Å²) in [4.78, 5) is 4.37. The van der Waals surface area contributed by atoms with E-state index in [4.69, 9.17) is 5.73 Å². The third-order valence-electron chi connectivity index (χ3n) is 3.33. The van der Waals surface area contributed by atoms with Crippen molar-refractivity contribution in [3.05, 3.63) is 30.1 Å². The van der Waals surface area contributed by atoms with Crippen molar-refractivity contribution in [2.75, 3.05) is 0 Å². The lowest BCUT2D eigenvalue weighted by Crippen LogP contribution is -2.40. The summed E-state index contributed by atoms with van der Waals surface area (Å²) in [5.41, 5.74) is 7.10. The van der Waals surface area contributed by atoms with Crippen molar-refractivity contribution in [2.45, 2.75) is 50.7 Å². The van der Waals surface area contributed by atoms with Crippen LogP contribution in [0.15, 0.2) is 24.4 Å². The SMILES string of the molecule is C[C@H](NC1CCCC(N)C1)c1ccccn1. The average Bonchev–Trinajstić information content (AvgIpc) is 2.30. The first-order chi connectivity index (χ1) is 7.75. The van der Waals surface area contributed by atoms with Crippen molar-refractivity contribution in [3.63, 3.8) is 0 Å². The maximum absolute atomic E-state index is 5.98. The summed E-state index contributed by atoms with van der Waals surface area (Å²) < 4.78 is 0. The molecule has 2 rings (SSSR count). The topological polar surface area (TPSA) is 50.9 Å². The normalized spacial score (nSPS) is 27.6. The fourth-order valence-corrected chi connectivity index (χ4v) is 2.45. The Balaban J connectivity index is 1.89. The van der Waals surface area contributed by atoms with Gasteiger partial charge in [-0.1, -0.05) is 12.5 Å². The van der Waals surface area contributed by atoms with Crippen molar-refractivity contribution in [1.82, 2.24) is 10.3 Å². The van der Waals surface area contributed by atoms with Gasteiger partial charge in [0, 0.05) is 24.3 Å². The van der Waals surface area contributed by atoms with Crippen LogP contribution in [0.5, 0.6) is 0 Å². The van der Waals surface area contributed by atoms with Crippen LogP contribution in [0.1, 0.15) is 44.3 Å². The second kappa shape index (κ2) is 5.41. The van der Waals surface area contributed by atoms with Gasteiger partial charge in [-0.2, -0.15) is 0 Å². The van der Waals surface area contributed by atoms with Gasteiger partial charge in [-0.15, -0.1) is 0 Å². The number of hydrogen-bond acceptors (Lipinski definition) is 3. The standard InChI is InChI=1S/C13H21N3/c1-10(13-7-2-3-8-15-13)16-12-6-4-5-11(14)9-12/h2-3,7-8,10-12,16H,4-6,9,14H2,1H3/t10-,11?,12?/m0/s1. The highest BCUT2D eigenvalue weighted by Crippen LogP contribution is 2.20. The molecule has 0 amide bonds. The molecule has 16 heavy (non-hydrogen) atoms. The Bertz CT molecular complexity index is 312. The fourth-order valence-electron chi connectivity index (χ4n) is 2.45. The van der Waals surface area contributed by atoms with Gasteiger partial charge in [-0.25, -0.2) is 0 Å². The number of pyridine rings is 1. The minimum atomic E-state index is 0.316. The molecular weight excluding hydrogens is 198 g/mol. The molecule has 0 bridgehead atoms. The first-order valence-electron chi connectivity index (χ1n) is 6.18. The molecule has 1 fully saturated rings. The summed E-state index contributed by atoms with van der Waals surface area (Å²) in [5.74, 6) is 0. The van der Waals surface area contributed by atoms with Gasteiger partial charge in [0.25, 0.3) is 0 Å². The molecule has 3 nitrogen and oxygen atoms in total. The molecule has 3 N–H and O–H groups in total. The molecule has 1 saturated carbocycles. The van der Waals surface area contributed by atoms with E-state index >= 15 is 0 Å². The van der Waals surface area contributed by atoms with Gasteiger partial charge in [0.2, 0.25) is 0 Å². The molecule has 88 valence electrons. The van der Waals surface area contributed by atoms with E-state index in [1.54, 1.807) is 0 Å². The van der Waals surface area contributed by atoms with Crippen LogP contribution in [-0.2, 0) is 0 Å². The van der Waals surface area contributed by atoms with Crippen molar-refractivity contribution in [3.8, 4) is 0 Å². The number of hydrogen-bond donors (Lipinski definition) is 2. The Morgan fingerprint density at radius 1 is 1.44 bits per heavy atom. The van der Waals surface area contributed by atoms with Gasteiger partial charge < -0.3 is 11.1 Å².